The summed E-state index contributed by atoms with van der Waals surface area (Å²) in [6, 6.07) is 16.4. The molecule has 0 saturated heterocycles. The van der Waals surface area contributed by atoms with E-state index in [1.165, 1.54) is 0 Å². The quantitative estimate of drug-likeness (QED) is 0.801. The molecule has 0 atom stereocenters. The average Bonchev–Trinajstić information content (AvgIpc) is 3.04. The summed E-state index contributed by atoms with van der Waals surface area (Å²) in [5.74, 6) is 1.16. The van der Waals surface area contributed by atoms with Gasteiger partial charge in [0.1, 0.15) is 5.75 Å². The van der Waals surface area contributed by atoms with Gasteiger partial charge in [0, 0.05) is 22.7 Å². The van der Waals surface area contributed by atoms with Gasteiger partial charge in [-0.1, -0.05) is 18.2 Å². The maximum Gasteiger partial charge on any atom is 0.257 e. The van der Waals surface area contributed by atoms with Gasteiger partial charge in [0.25, 0.3) is 5.91 Å². The molecule has 3 aromatic rings. The van der Waals surface area contributed by atoms with E-state index in [0.29, 0.717) is 16.5 Å². The number of nitrogens with zero attached hydrogens (tertiary/aromatic N) is 2. The Hall–Kier alpha value is -2.73. The van der Waals surface area contributed by atoms with Crippen LogP contribution in [0, 0.1) is 0 Å². The monoisotopic (exact) mass is 311 g/mol. The smallest absolute Gasteiger partial charge is 0.257 e. The van der Waals surface area contributed by atoms with Crippen molar-refractivity contribution >= 4 is 22.6 Å². The summed E-state index contributed by atoms with van der Waals surface area (Å²) in [5.41, 5.74) is 1.46. The van der Waals surface area contributed by atoms with E-state index in [4.69, 9.17) is 4.74 Å². The molecule has 0 unspecified atom stereocenters. The summed E-state index contributed by atoms with van der Waals surface area (Å²) in [4.78, 5) is 16.4. The van der Waals surface area contributed by atoms with E-state index in [-0.39, 0.29) is 5.91 Å². The van der Waals surface area contributed by atoms with Crippen molar-refractivity contribution in [1.29, 1.82) is 0 Å². The number of nitrogens with one attached hydrogen (secondary N) is 1. The molecule has 0 bridgehead atoms. The predicted molar refractivity (Wildman–Crippen MR) is 86.3 cm³/mol. The Labute approximate surface area is 131 Å². The molecule has 1 amide bonds. The lowest BCUT2D eigenvalue weighted by atomic mass is 10.2. The van der Waals surface area contributed by atoms with Crippen molar-refractivity contribution in [3.05, 3.63) is 60.2 Å². The number of anilines is 1. The molecule has 22 heavy (non-hydrogen) atoms. The molecule has 0 aliphatic rings. The van der Waals surface area contributed by atoms with Gasteiger partial charge in [-0.05, 0) is 36.4 Å². The van der Waals surface area contributed by atoms with Crippen LogP contribution in [0.5, 0.6) is 5.75 Å². The lowest BCUT2D eigenvalue weighted by molar-refractivity contribution is 0.102. The van der Waals surface area contributed by atoms with Gasteiger partial charge in [0.2, 0.25) is 5.13 Å². The standard InChI is InChI=1S/C16H13N3O2S/c1-21-13-9-7-11(8-10-13)14-17-16(22-19-14)18-15(20)12-5-3-2-4-6-12/h2-10H,1H3,(H,17,18,19,20). The number of carbonyl (C=O) groups is 1. The van der Waals surface area contributed by atoms with E-state index in [1.807, 2.05) is 42.5 Å². The first-order valence-corrected chi connectivity index (χ1v) is 7.38. The second kappa shape index (κ2) is 6.36. The van der Waals surface area contributed by atoms with Crippen molar-refractivity contribution < 1.29 is 9.53 Å². The third-order valence-corrected chi connectivity index (χ3v) is 3.66. The Morgan fingerprint density at radius 2 is 1.82 bits per heavy atom. The van der Waals surface area contributed by atoms with E-state index in [0.717, 1.165) is 22.8 Å². The molecule has 3 rings (SSSR count). The zero-order chi connectivity index (χ0) is 15.4. The number of hydrogen-bond donors (Lipinski definition) is 1. The zero-order valence-electron chi connectivity index (χ0n) is 11.8. The normalized spacial score (nSPS) is 10.2. The van der Waals surface area contributed by atoms with Crippen LogP contribution < -0.4 is 10.1 Å². The summed E-state index contributed by atoms with van der Waals surface area (Å²) >= 11 is 1.15. The van der Waals surface area contributed by atoms with E-state index < -0.39 is 0 Å². The minimum Gasteiger partial charge on any atom is -0.497 e. The lowest BCUT2D eigenvalue weighted by Crippen LogP contribution is -2.11. The molecule has 1 heterocycles. The van der Waals surface area contributed by atoms with Gasteiger partial charge < -0.3 is 4.74 Å². The average molecular weight is 311 g/mol. The van der Waals surface area contributed by atoms with Gasteiger partial charge in [-0.25, -0.2) is 0 Å². The molecule has 1 N–H and O–H groups in total. The molecule has 1 aromatic heterocycles. The SMILES string of the molecule is COc1ccc(-c2nsc(NC(=O)c3ccccc3)n2)cc1. The Balaban J connectivity index is 1.74. The lowest BCUT2D eigenvalue weighted by Gasteiger charge is -2.00. The van der Waals surface area contributed by atoms with Gasteiger partial charge in [0.05, 0.1) is 7.11 Å². The molecule has 5 nitrogen and oxygen atoms in total. The Morgan fingerprint density at radius 3 is 2.50 bits per heavy atom. The maximum absolute atomic E-state index is 12.1. The minimum atomic E-state index is -0.196. The third kappa shape index (κ3) is 3.12. The van der Waals surface area contributed by atoms with E-state index in [1.54, 1.807) is 19.2 Å². The number of benzene rings is 2. The molecular weight excluding hydrogens is 298 g/mol. The summed E-state index contributed by atoms with van der Waals surface area (Å²) in [6.45, 7) is 0. The van der Waals surface area contributed by atoms with Crippen molar-refractivity contribution in [2.75, 3.05) is 12.4 Å². The first-order valence-electron chi connectivity index (χ1n) is 6.61. The van der Waals surface area contributed by atoms with E-state index in [2.05, 4.69) is 14.7 Å². The van der Waals surface area contributed by atoms with Gasteiger partial charge in [-0.2, -0.15) is 9.36 Å². The van der Waals surface area contributed by atoms with Crippen LogP contribution in [0.1, 0.15) is 10.4 Å². The first-order chi connectivity index (χ1) is 10.8. The zero-order valence-corrected chi connectivity index (χ0v) is 12.6. The maximum atomic E-state index is 12.1. The molecule has 6 heteroatoms. The highest BCUT2D eigenvalue weighted by Crippen LogP contribution is 2.23. The molecule has 0 radical (unpaired) electrons. The second-order valence-electron chi connectivity index (χ2n) is 4.47. The Bertz CT molecular complexity index is 770. The van der Waals surface area contributed by atoms with Gasteiger partial charge in [-0.3, -0.25) is 10.1 Å². The number of carbonyl (C=O) groups excluding carboxylic acids is 1. The van der Waals surface area contributed by atoms with Crippen molar-refractivity contribution in [2.45, 2.75) is 0 Å². The number of methoxy groups -OCH3 is 1. The molecular formula is C16H13N3O2S. The Kier molecular flexibility index (Phi) is 4.11. The van der Waals surface area contributed by atoms with Gasteiger partial charge >= 0.3 is 0 Å². The summed E-state index contributed by atoms with van der Waals surface area (Å²) in [5, 5.41) is 3.22. The van der Waals surface area contributed by atoms with Crippen molar-refractivity contribution in [3.63, 3.8) is 0 Å². The number of ether oxygens (including phenoxy) is 1. The van der Waals surface area contributed by atoms with Crippen LogP contribution in [0.4, 0.5) is 5.13 Å². The highest BCUT2D eigenvalue weighted by Gasteiger charge is 2.11. The van der Waals surface area contributed by atoms with Crippen molar-refractivity contribution in [1.82, 2.24) is 9.36 Å². The molecule has 110 valence electrons. The van der Waals surface area contributed by atoms with Crippen LogP contribution in [0.2, 0.25) is 0 Å². The largest absolute Gasteiger partial charge is 0.497 e. The van der Waals surface area contributed by atoms with Crippen LogP contribution in [0.25, 0.3) is 11.4 Å². The third-order valence-electron chi connectivity index (χ3n) is 3.03. The number of amides is 1. The first kappa shape index (κ1) is 14.2. The molecule has 0 fully saturated rings. The fraction of sp³-hybridized carbons (Fsp3) is 0.0625. The van der Waals surface area contributed by atoms with Crippen LogP contribution in [0.3, 0.4) is 0 Å². The van der Waals surface area contributed by atoms with Crippen LogP contribution in [0.15, 0.2) is 54.6 Å². The van der Waals surface area contributed by atoms with Gasteiger partial charge in [-0.15, -0.1) is 0 Å². The summed E-state index contributed by atoms with van der Waals surface area (Å²) < 4.78 is 9.38. The number of rotatable bonds is 4. The topological polar surface area (TPSA) is 64.1 Å². The highest BCUT2D eigenvalue weighted by atomic mass is 32.1. The second-order valence-corrected chi connectivity index (χ2v) is 5.22. The fourth-order valence-corrected chi connectivity index (χ4v) is 2.48. The van der Waals surface area contributed by atoms with E-state index in [9.17, 15) is 4.79 Å². The van der Waals surface area contributed by atoms with Crippen LogP contribution in [-0.4, -0.2) is 22.4 Å². The van der Waals surface area contributed by atoms with Crippen LogP contribution in [-0.2, 0) is 0 Å². The summed E-state index contributed by atoms with van der Waals surface area (Å²) in [7, 11) is 1.62. The molecule has 0 saturated carbocycles. The van der Waals surface area contributed by atoms with Crippen LogP contribution >= 0.6 is 11.5 Å². The minimum absolute atomic E-state index is 0.196. The van der Waals surface area contributed by atoms with E-state index >= 15 is 0 Å². The molecule has 0 aliphatic carbocycles. The number of aromatic nitrogens is 2. The predicted octanol–water partition coefficient (Wildman–Crippen LogP) is 3.47. The van der Waals surface area contributed by atoms with Gasteiger partial charge in [0.15, 0.2) is 5.82 Å². The Morgan fingerprint density at radius 1 is 1.09 bits per heavy atom. The number of hydrogen-bond acceptors (Lipinski definition) is 5. The summed E-state index contributed by atoms with van der Waals surface area (Å²) in [6.07, 6.45) is 0. The molecule has 0 spiro atoms. The van der Waals surface area contributed by atoms with Crippen molar-refractivity contribution in [2.24, 2.45) is 0 Å². The molecule has 0 aliphatic heterocycles. The molecule has 2 aromatic carbocycles. The van der Waals surface area contributed by atoms with Crippen molar-refractivity contribution in [3.8, 4) is 17.1 Å². The fourth-order valence-electron chi connectivity index (χ4n) is 1.89. The highest BCUT2D eigenvalue weighted by molar-refractivity contribution is 7.10.